The van der Waals surface area contributed by atoms with Crippen molar-refractivity contribution < 1.29 is 9.90 Å². The Morgan fingerprint density at radius 1 is 1.07 bits per heavy atom. The lowest BCUT2D eigenvalue weighted by molar-refractivity contribution is 0.0617. The first-order chi connectivity index (χ1) is 14.4. The summed E-state index contributed by atoms with van der Waals surface area (Å²) < 4.78 is 0. The minimum absolute atomic E-state index is 0.0578. The van der Waals surface area contributed by atoms with Crippen LogP contribution >= 0.6 is 0 Å². The first-order valence-electron chi connectivity index (χ1n) is 10.6. The van der Waals surface area contributed by atoms with Crippen LogP contribution in [0.4, 0.5) is 0 Å². The molecule has 0 radical (unpaired) electrons. The first kappa shape index (κ1) is 23.4. The maximum atomic E-state index is 12.2. The van der Waals surface area contributed by atoms with E-state index in [4.69, 9.17) is 0 Å². The van der Waals surface area contributed by atoms with Crippen molar-refractivity contribution in [2.75, 3.05) is 13.1 Å². The molecule has 0 heterocycles. The molecule has 0 aliphatic carbocycles. The van der Waals surface area contributed by atoms with Crippen molar-refractivity contribution in [1.29, 1.82) is 0 Å². The monoisotopic (exact) mass is 410 g/mol. The van der Waals surface area contributed by atoms with Gasteiger partial charge in [-0.05, 0) is 50.5 Å². The number of aliphatic imine (C=N–C) groups is 1. The number of rotatable bonds is 9. The lowest BCUT2D eigenvalue weighted by atomic mass is 9.96. The fourth-order valence-electron chi connectivity index (χ4n) is 2.84. The number of carbonyl (C=O) groups is 1. The second kappa shape index (κ2) is 11.4. The molecular weight excluding hydrogens is 376 g/mol. The van der Waals surface area contributed by atoms with Crippen LogP contribution in [-0.4, -0.2) is 36.1 Å². The van der Waals surface area contributed by atoms with Crippen LogP contribution in [0.15, 0.2) is 59.6 Å². The Labute approximate surface area is 179 Å². The number of amides is 1. The molecule has 30 heavy (non-hydrogen) atoms. The molecule has 0 aliphatic rings. The molecule has 1 amide bonds. The van der Waals surface area contributed by atoms with Gasteiger partial charge in [0.25, 0.3) is 5.91 Å². The molecule has 4 N–H and O–H groups in total. The molecule has 0 aromatic heterocycles. The molecule has 6 nitrogen and oxygen atoms in total. The minimum atomic E-state index is -1.01. The zero-order valence-electron chi connectivity index (χ0n) is 18.4. The van der Waals surface area contributed by atoms with E-state index in [9.17, 15) is 9.90 Å². The number of nitrogens with zero attached hydrogens (tertiary/aromatic N) is 1. The fourth-order valence-corrected chi connectivity index (χ4v) is 2.84. The van der Waals surface area contributed by atoms with Crippen molar-refractivity contribution in [1.82, 2.24) is 16.0 Å². The smallest absolute Gasteiger partial charge is 0.251 e. The highest BCUT2D eigenvalue weighted by Crippen LogP contribution is 2.18. The van der Waals surface area contributed by atoms with Crippen LogP contribution in [0.5, 0.6) is 0 Å². The summed E-state index contributed by atoms with van der Waals surface area (Å²) in [6.07, 6.45) is 0.899. The summed E-state index contributed by atoms with van der Waals surface area (Å²) in [5, 5.41) is 20.1. The zero-order chi connectivity index (χ0) is 22.0. The fraction of sp³-hybridized carbons (Fsp3) is 0.417. The molecule has 0 fully saturated rings. The number of hydrogen-bond acceptors (Lipinski definition) is 3. The van der Waals surface area contributed by atoms with E-state index in [-0.39, 0.29) is 11.9 Å². The van der Waals surface area contributed by atoms with Gasteiger partial charge < -0.3 is 21.1 Å². The summed E-state index contributed by atoms with van der Waals surface area (Å²) in [6.45, 7) is 9.33. The predicted molar refractivity (Wildman–Crippen MR) is 122 cm³/mol. The molecule has 0 aliphatic heterocycles. The first-order valence-corrected chi connectivity index (χ1v) is 10.6. The summed E-state index contributed by atoms with van der Waals surface area (Å²) in [7, 11) is 0. The number of hydrogen-bond donors (Lipinski definition) is 4. The maximum absolute atomic E-state index is 12.2. The summed E-state index contributed by atoms with van der Waals surface area (Å²) in [5.74, 6) is 0.574. The highest BCUT2D eigenvalue weighted by molar-refractivity contribution is 5.94. The van der Waals surface area contributed by atoms with Crippen LogP contribution in [0.1, 0.15) is 55.6 Å². The maximum Gasteiger partial charge on any atom is 0.251 e. The number of guanidine groups is 1. The van der Waals surface area contributed by atoms with Crippen LogP contribution in [0.2, 0.25) is 0 Å². The van der Waals surface area contributed by atoms with Gasteiger partial charge in [-0.25, -0.2) is 4.99 Å². The number of carbonyl (C=O) groups excluding carboxylic acids is 1. The molecule has 0 spiro atoms. The number of nitrogens with one attached hydrogen (secondary N) is 3. The van der Waals surface area contributed by atoms with E-state index >= 15 is 0 Å². The van der Waals surface area contributed by atoms with Crippen molar-refractivity contribution in [3.63, 3.8) is 0 Å². The van der Waals surface area contributed by atoms with Gasteiger partial charge in [0, 0.05) is 18.2 Å². The third-order valence-corrected chi connectivity index (χ3v) is 4.97. The van der Waals surface area contributed by atoms with Crippen LogP contribution < -0.4 is 16.0 Å². The molecule has 2 aromatic rings. The molecule has 2 rings (SSSR count). The zero-order valence-corrected chi connectivity index (χ0v) is 18.4. The average molecular weight is 411 g/mol. The van der Waals surface area contributed by atoms with Gasteiger partial charge in [-0.1, -0.05) is 49.4 Å². The van der Waals surface area contributed by atoms with Gasteiger partial charge in [0.05, 0.1) is 13.1 Å². The van der Waals surface area contributed by atoms with Gasteiger partial charge in [-0.3, -0.25) is 4.79 Å². The summed E-state index contributed by atoms with van der Waals surface area (Å²) >= 11 is 0. The van der Waals surface area contributed by atoms with Crippen molar-refractivity contribution >= 4 is 11.9 Å². The van der Waals surface area contributed by atoms with E-state index in [0.29, 0.717) is 31.2 Å². The standard InChI is InChI=1S/C24H34N4O2/c1-5-18(3)28-22(29)20-14-12-19(13-15-20)16-26-23(25-6-2)27-17-24(4,30)21-10-8-7-9-11-21/h7-15,18,30H,5-6,16-17H2,1-4H3,(H,28,29)(H2,25,26,27). The topological polar surface area (TPSA) is 85.8 Å². The number of aliphatic hydroxyl groups is 1. The summed E-state index contributed by atoms with van der Waals surface area (Å²) in [4.78, 5) is 16.8. The van der Waals surface area contributed by atoms with Gasteiger partial charge in [0.2, 0.25) is 0 Å². The molecule has 2 aromatic carbocycles. The average Bonchev–Trinajstić information content (AvgIpc) is 2.76. The lowest BCUT2D eigenvalue weighted by Crippen LogP contribution is -2.44. The quantitative estimate of drug-likeness (QED) is 0.378. The largest absolute Gasteiger partial charge is 0.384 e. The van der Waals surface area contributed by atoms with E-state index in [0.717, 1.165) is 17.5 Å². The Morgan fingerprint density at radius 2 is 1.73 bits per heavy atom. The van der Waals surface area contributed by atoms with Gasteiger partial charge in [-0.15, -0.1) is 0 Å². The van der Waals surface area contributed by atoms with Gasteiger partial charge in [0.1, 0.15) is 5.60 Å². The Balaban J connectivity index is 1.98. The summed E-state index contributed by atoms with van der Waals surface area (Å²) in [6, 6.07) is 17.2. The molecule has 162 valence electrons. The Hall–Kier alpha value is -2.86. The van der Waals surface area contributed by atoms with Gasteiger partial charge >= 0.3 is 0 Å². The van der Waals surface area contributed by atoms with Crippen molar-refractivity contribution in [2.45, 2.75) is 52.3 Å². The second-order valence-corrected chi connectivity index (χ2v) is 7.67. The van der Waals surface area contributed by atoms with Crippen molar-refractivity contribution in [3.05, 3.63) is 71.3 Å². The molecule has 0 bridgehead atoms. The highest BCUT2D eigenvalue weighted by Gasteiger charge is 2.22. The van der Waals surface area contributed by atoms with E-state index in [1.54, 1.807) is 6.92 Å². The minimum Gasteiger partial charge on any atom is -0.384 e. The van der Waals surface area contributed by atoms with Crippen molar-refractivity contribution in [2.24, 2.45) is 4.99 Å². The molecule has 2 atom stereocenters. The van der Waals surface area contributed by atoms with Gasteiger partial charge in [-0.2, -0.15) is 0 Å². The van der Waals surface area contributed by atoms with Crippen LogP contribution in [0, 0.1) is 0 Å². The Morgan fingerprint density at radius 3 is 2.33 bits per heavy atom. The van der Waals surface area contributed by atoms with Crippen molar-refractivity contribution in [3.8, 4) is 0 Å². The van der Waals surface area contributed by atoms with E-state index in [1.807, 2.05) is 75.4 Å². The molecule has 6 heteroatoms. The third-order valence-electron chi connectivity index (χ3n) is 4.97. The Kier molecular flexibility index (Phi) is 8.87. The third kappa shape index (κ3) is 7.19. The number of benzene rings is 2. The van der Waals surface area contributed by atoms with Crippen LogP contribution in [-0.2, 0) is 12.1 Å². The Bertz CT molecular complexity index is 817. The molecule has 2 unspecified atom stereocenters. The molecule has 0 saturated heterocycles. The SMILES string of the molecule is CCNC(=NCc1ccc(C(=O)NC(C)CC)cc1)NCC(C)(O)c1ccccc1. The van der Waals surface area contributed by atoms with Gasteiger partial charge in [0.15, 0.2) is 5.96 Å². The normalized spacial score (nSPS) is 14.5. The predicted octanol–water partition coefficient (Wildman–Crippen LogP) is 3.18. The molecule has 0 saturated carbocycles. The molecular formula is C24H34N4O2. The van der Waals surface area contributed by atoms with E-state index < -0.39 is 5.60 Å². The van der Waals surface area contributed by atoms with Crippen LogP contribution in [0.25, 0.3) is 0 Å². The summed E-state index contributed by atoms with van der Waals surface area (Å²) in [5.41, 5.74) is 1.48. The van der Waals surface area contributed by atoms with E-state index in [2.05, 4.69) is 20.9 Å². The second-order valence-electron chi connectivity index (χ2n) is 7.67. The lowest BCUT2D eigenvalue weighted by Gasteiger charge is -2.25. The van der Waals surface area contributed by atoms with Crippen LogP contribution in [0.3, 0.4) is 0 Å². The van der Waals surface area contributed by atoms with E-state index in [1.165, 1.54) is 0 Å². The highest BCUT2D eigenvalue weighted by atomic mass is 16.3.